The normalized spacial score (nSPS) is 13.1. The molecule has 1 atom stereocenters. The molecule has 0 radical (unpaired) electrons. The molecule has 0 spiro atoms. The van der Waals surface area contributed by atoms with Gasteiger partial charge < -0.3 is 10.3 Å². The largest absolute Gasteiger partial charge is 0.748 e. The lowest BCUT2D eigenvalue weighted by atomic mass is 10.0. The summed E-state index contributed by atoms with van der Waals surface area (Å²) in [6, 6.07) is -0.912. The Morgan fingerprint density at radius 3 is 1.58 bits per heavy atom. The zero-order valence-corrected chi connectivity index (χ0v) is 16.2. The molecule has 0 unspecified atom stereocenters. The molecular weight excluding hydrogens is 326 g/mol. The molecule has 0 bridgehead atoms. The minimum Gasteiger partial charge on any atom is -0.748 e. The number of quaternary nitrogens is 1. The summed E-state index contributed by atoms with van der Waals surface area (Å²) in [5, 5.41) is 0. The Morgan fingerprint density at radius 1 is 0.833 bits per heavy atom. The van der Waals surface area contributed by atoms with Crippen LogP contribution < -0.4 is 5.73 Å². The van der Waals surface area contributed by atoms with Gasteiger partial charge in [0.25, 0.3) is 0 Å². The van der Waals surface area contributed by atoms with Gasteiger partial charge in [0.2, 0.25) is 0 Å². The van der Waals surface area contributed by atoms with E-state index in [4.69, 9.17) is 0 Å². The van der Waals surface area contributed by atoms with E-state index in [1.165, 1.54) is 64.2 Å². The van der Waals surface area contributed by atoms with Crippen LogP contribution in [0.4, 0.5) is 0 Å². The van der Waals surface area contributed by atoms with Crippen molar-refractivity contribution in [2.24, 2.45) is 0 Å². The topological polar surface area (TPSA) is 102 Å². The highest BCUT2D eigenvalue weighted by molar-refractivity contribution is 7.85. The first kappa shape index (κ1) is 23.5. The molecule has 0 aromatic heterocycles. The van der Waals surface area contributed by atoms with Gasteiger partial charge in [0, 0.05) is 6.42 Å². The molecule has 24 heavy (non-hydrogen) atoms. The van der Waals surface area contributed by atoms with Crippen LogP contribution >= 0.6 is 0 Å². The molecule has 0 rings (SSSR count). The second kappa shape index (κ2) is 14.8. The van der Waals surface area contributed by atoms with Gasteiger partial charge in [-0.15, -0.1) is 0 Å². The Kier molecular flexibility index (Phi) is 14.6. The van der Waals surface area contributed by atoms with Crippen LogP contribution in [0.25, 0.3) is 0 Å². The van der Waals surface area contributed by atoms with E-state index < -0.39 is 21.9 Å². The van der Waals surface area contributed by atoms with E-state index in [2.05, 4.69) is 12.7 Å². The van der Waals surface area contributed by atoms with E-state index in [1.807, 2.05) is 0 Å². The highest BCUT2D eigenvalue weighted by atomic mass is 32.2. The van der Waals surface area contributed by atoms with Crippen LogP contribution in [0.3, 0.4) is 0 Å². The number of carbonyl (C=O) groups excluding carboxylic acids is 1. The Bertz CT molecular complexity index is 409. The predicted molar refractivity (Wildman–Crippen MR) is 96.6 cm³/mol. The molecule has 5 nitrogen and oxygen atoms in total. The van der Waals surface area contributed by atoms with Crippen LogP contribution in [0.5, 0.6) is 0 Å². The average molecular weight is 364 g/mol. The van der Waals surface area contributed by atoms with Gasteiger partial charge in [0.15, 0.2) is 11.8 Å². The molecule has 0 aliphatic rings. The molecule has 6 heteroatoms. The second-order valence-corrected chi connectivity index (χ2v) is 8.33. The Hall–Kier alpha value is -0.460. The van der Waals surface area contributed by atoms with Crippen LogP contribution in [0.1, 0.15) is 96.8 Å². The molecule has 0 aliphatic heterocycles. The molecule has 0 heterocycles. The quantitative estimate of drug-likeness (QED) is 0.317. The van der Waals surface area contributed by atoms with Crippen molar-refractivity contribution in [3.05, 3.63) is 0 Å². The van der Waals surface area contributed by atoms with Crippen molar-refractivity contribution in [2.45, 2.75) is 103 Å². The Morgan fingerprint density at radius 2 is 1.21 bits per heavy atom. The maximum Gasteiger partial charge on any atom is 0.190 e. The molecule has 144 valence electrons. The summed E-state index contributed by atoms with van der Waals surface area (Å²) in [7, 11) is -4.36. The van der Waals surface area contributed by atoms with E-state index in [-0.39, 0.29) is 5.78 Å². The van der Waals surface area contributed by atoms with Crippen molar-refractivity contribution in [3.8, 4) is 0 Å². The third-order valence-corrected chi connectivity index (χ3v) is 5.20. The fourth-order valence-electron chi connectivity index (χ4n) is 2.86. The summed E-state index contributed by atoms with van der Waals surface area (Å²) >= 11 is 0. The number of hydrogen-bond donors (Lipinski definition) is 1. The van der Waals surface area contributed by atoms with E-state index >= 15 is 0 Å². The highest BCUT2D eigenvalue weighted by Crippen LogP contribution is 2.13. The van der Waals surface area contributed by atoms with Crippen molar-refractivity contribution >= 4 is 15.9 Å². The maximum absolute atomic E-state index is 11.7. The van der Waals surface area contributed by atoms with Gasteiger partial charge in [0.05, 0.1) is 5.75 Å². The highest BCUT2D eigenvalue weighted by Gasteiger charge is 2.19. The fourth-order valence-corrected chi connectivity index (χ4v) is 3.54. The van der Waals surface area contributed by atoms with Gasteiger partial charge in [-0.3, -0.25) is 4.79 Å². The summed E-state index contributed by atoms with van der Waals surface area (Å²) in [5.74, 6) is -0.887. The molecule has 3 N–H and O–H groups in total. The number of rotatable bonds is 17. The number of hydrogen-bond acceptors (Lipinski definition) is 4. The van der Waals surface area contributed by atoms with Crippen molar-refractivity contribution in [2.75, 3.05) is 5.75 Å². The summed E-state index contributed by atoms with van der Waals surface area (Å²) in [4.78, 5) is 11.7. The molecule has 0 saturated carbocycles. The standard InChI is InChI=1S/C18H37NO4S/c1-2-3-4-5-6-7-8-9-10-11-12-13-14-15-18(20)17(19)16-24(21,22)23/h17H,2-16,19H2,1H3,(H,21,22,23)/t17-/m0/s1. The van der Waals surface area contributed by atoms with E-state index in [1.54, 1.807) is 0 Å². The van der Waals surface area contributed by atoms with Crippen molar-refractivity contribution < 1.29 is 23.5 Å². The zero-order chi connectivity index (χ0) is 18.3. The maximum atomic E-state index is 11.7. The number of ketones is 1. The molecule has 0 fully saturated rings. The Labute approximate surface area is 148 Å². The Balaban J connectivity index is 3.34. The van der Waals surface area contributed by atoms with Crippen LogP contribution in [0.2, 0.25) is 0 Å². The molecular formula is C18H37NO4S. The van der Waals surface area contributed by atoms with Crippen LogP contribution in [0, 0.1) is 0 Å². The minimum absolute atomic E-state index is 0.211. The molecule has 0 aromatic rings. The third-order valence-electron chi connectivity index (χ3n) is 4.39. The van der Waals surface area contributed by atoms with E-state index in [0.29, 0.717) is 6.42 Å². The van der Waals surface area contributed by atoms with Crippen LogP contribution in [0.15, 0.2) is 0 Å². The van der Waals surface area contributed by atoms with Crippen molar-refractivity contribution in [3.63, 3.8) is 0 Å². The van der Waals surface area contributed by atoms with E-state index in [0.717, 1.165) is 19.3 Å². The summed E-state index contributed by atoms with van der Waals surface area (Å²) in [6.07, 6.45) is 16.4. The predicted octanol–water partition coefficient (Wildman–Crippen LogP) is 3.19. The van der Waals surface area contributed by atoms with Gasteiger partial charge in [-0.05, 0) is 6.42 Å². The van der Waals surface area contributed by atoms with Gasteiger partial charge >= 0.3 is 0 Å². The third kappa shape index (κ3) is 16.4. The van der Waals surface area contributed by atoms with Crippen molar-refractivity contribution in [1.82, 2.24) is 0 Å². The SMILES string of the molecule is CCCCCCCCCCCCCCCC(=O)[C@@H]([NH3+])CS(=O)(=O)[O-]. The van der Waals surface area contributed by atoms with Crippen LogP contribution in [-0.2, 0) is 14.9 Å². The van der Waals surface area contributed by atoms with Gasteiger partial charge in [0.1, 0.15) is 10.1 Å². The molecule has 0 saturated heterocycles. The second-order valence-electron chi connectivity index (χ2n) is 6.88. The van der Waals surface area contributed by atoms with Gasteiger partial charge in [-0.2, -0.15) is 0 Å². The minimum atomic E-state index is -4.36. The van der Waals surface area contributed by atoms with Crippen LogP contribution in [-0.4, -0.2) is 30.5 Å². The van der Waals surface area contributed by atoms with E-state index in [9.17, 15) is 17.8 Å². The number of carbonyl (C=O) groups is 1. The molecule has 0 aliphatic carbocycles. The first-order valence-corrected chi connectivity index (χ1v) is 11.2. The lowest BCUT2D eigenvalue weighted by molar-refractivity contribution is -0.396. The molecule has 0 aromatic carbocycles. The van der Waals surface area contributed by atoms with Crippen molar-refractivity contribution in [1.29, 1.82) is 0 Å². The number of unbranched alkanes of at least 4 members (excludes halogenated alkanes) is 12. The zero-order valence-electron chi connectivity index (χ0n) is 15.4. The first-order valence-electron chi connectivity index (χ1n) is 9.66. The summed E-state index contributed by atoms with van der Waals surface area (Å²) in [6.45, 7) is 2.24. The molecule has 0 amide bonds. The lowest BCUT2D eigenvalue weighted by Crippen LogP contribution is -2.67. The fraction of sp³-hybridized carbons (Fsp3) is 0.944. The number of Topliss-reactive ketones (excluding diaryl/α,β-unsaturated/α-hetero) is 1. The van der Waals surface area contributed by atoms with Gasteiger partial charge in [-0.25, -0.2) is 8.42 Å². The lowest BCUT2D eigenvalue weighted by Gasteiger charge is -2.10. The smallest absolute Gasteiger partial charge is 0.190 e. The average Bonchev–Trinajstić information content (AvgIpc) is 2.50. The van der Waals surface area contributed by atoms with Gasteiger partial charge in [-0.1, -0.05) is 84.0 Å². The first-order chi connectivity index (χ1) is 11.4. The summed E-state index contributed by atoms with van der Waals surface area (Å²) in [5.41, 5.74) is 3.47. The summed E-state index contributed by atoms with van der Waals surface area (Å²) < 4.78 is 31.8. The monoisotopic (exact) mass is 363 g/mol.